The third kappa shape index (κ3) is 2.61. The molecular formula is C17H18ClNO. The maximum absolute atomic E-state index is 9.72. The zero-order valence-electron chi connectivity index (χ0n) is 11.5. The van der Waals surface area contributed by atoms with Gasteiger partial charge in [-0.1, -0.05) is 23.7 Å². The summed E-state index contributed by atoms with van der Waals surface area (Å²) in [5, 5.41) is 14.0. The van der Waals surface area contributed by atoms with Crippen LogP contribution in [0.25, 0.3) is 0 Å². The number of nitrogens with one attached hydrogen (secondary N) is 1. The molecule has 0 heterocycles. The van der Waals surface area contributed by atoms with E-state index >= 15 is 0 Å². The Balaban J connectivity index is 1.93. The number of phenolic OH excluding ortho intramolecular Hbond substituents is 1. The van der Waals surface area contributed by atoms with Crippen molar-refractivity contribution in [3.8, 4) is 5.75 Å². The van der Waals surface area contributed by atoms with Gasteiger partial charge in [-0.05, 0) is 67.1 Å². The molecule has 1 aliphatic carbocycles. The minimum Gasteiger partial charge on any atom is -0.508 e. The lowest BCUT2D eigenvalue weighted by Crippen LogP contribution is -2.17. The van der Waals surface area contributed by atoms with E-state index in [9.17, 15) is 5.11 Å². The molecule has 1 unspecified atom stereocenters. The first-order valence-electron chi connectivity index (χ1n) is 6.98. The first-order valence-corrected chi connectivity index (χ1v) is 7.36. The standard InChI is InChI=1S/C17H18ClNO/c1-11-5-7-13(18)9-17(11)19-16-4-2-3-12-6-8-14(20)10-15(12)16/h5-10,16,19-20H,2-4H2,1H3. The van der Waals surface area contributed by atoms with Crippen molar-refractivity contribution < 1.29 is 5.11 Å². The highest BCUT2D eigenvalue weighted by Gasteiger charge is 2.21. The van der Waals surface area contributed by atoms with Crippen molar-refractivity contribution in [1.29, 1.82) is 0 Å². The molecule has 1 atom stereocenters. The Bertz CT molecular complexity index is 639. The average molecular weight is 288 g/mol. The zero-order valence-corrected chi connectivity index (χ0v) is 12.2. The maximum Gasteiger partial charge on any atom is 0.115 e. The normalized spacial score (nSPS) is 17.6. The van der Waals surface area contributed by atoms with Gasteiger partial charge in [0.25, 0.3) is 0 Å². The van der Waals surface area contributed by atoms with Crippen LogP contribution in [-0.4, -0.2) is 5.11 Å². The van der Waals surface area contributed by atoms with Gasteiger partial charge in [-0.3, -0.25) is 0 Å². The van der Waals surface area contributed by atoms with Gasteiger partial charge in [-0.15, -0.1) is 0 Å². The van der Waals surface area contributed by atoms with Crippen LogP contribution >= 0.6 is 11.6 Å². The molecule has 0 radical (unpaired) electrons. The summed E-state index contributed by atoms with van der Waals surface area (Å²) in [6.45, 7) is 2.07. The smallest absolute Gasteiger partial charge is 0.115 e. The number of hydrogen-bond donors (Lipinski definition) is 2. The van der Waals surface area contributed by atoms with Gasteiger partial charge in [0.05, 0.1) is 6.04 Å². The number of halogens is 1. The molecule has 0 amide bonds. The second kappa shape index (κ2) is 5.37. The van der Waals surface area contributed by atoms with E-state index in [1.54, 1.807) is 6.07 Å². The highest BCUT2D eigenvalue weighted by Crippen LogP contribution is 2.35. The number of anilines is 1. The lowest BCUT2D eigenvalue weighted by molar-refractivity contribution is 0.471. The predicted molar refractivity (Wildman–Crippen MR) is 83.6 cm³/mol. The van der Waals surface area contributed by atoms with Crippen molar-refractivity contribution in [3.05, 3.63) is 58.1 Å². The lowest BCUT2D eigenvalue weighted by atomic mass is 9.87. The summed E-state index contributed by atoms with van der Waals surface area (Å²) < 4.78 is 0. The van der Waals surface area contributed by atoms with Gasteiger partial charge < -0.3 is 10.4 Å². The molecule has 3 heteroatoms. The fourth-order valence-corrected chi connectivity index (χ4v) is 3.05. The molecule has 0 bridgehead atoms. The highest BCUT2D eigenvalue weighted by molar-refractivity contribution is 6.30. The second-order valence-corrected chi connectivity index (χ2v) is 5.87. The Morgan fingerprint density at radius 2 is 2.05 bits per heavy atom. The van der Waals surface area contributed by atoms with E-state index in [1.807, 2.05) is 30.3 Å². The number of aryl methyl sites for hydroxylation is 2. The van der Waals surface area contributed by atoms with Crippen LogP contribution in [0.1, 0.15) is 35.6 Å². The lowest BCUT2D eigenvalue weighted by Gasteiger charge is -2.28. The summed E-state index contributed by atoms with van der Waals surface area (Å²) in [7, 11) is 0. The van der Waals surface area contributed by atoms with Gasteiger partial charge in [-0.2, -0.15) is 0 Å². The van der Waals surface area contributed by atoms with Crippen LogP contribution in [0, 0.1) is 6.92 Å². The first kappa shape index (κ1) is 13.3. The van der Waals surface area contributed by atoms with E-state index in [2.05, 4.69) is 12.2 Å². The molecule has 104 valence electrons. The second-order valence-electron chi connectivity index (χ2n) is 5.43. The Hall–Kier alpha value is -1.67. The van der Waals surface area contributed by atoms with Crippen molar-refractivity contribution in [1.82, 2.24) is 0 Å². The molecule has 2 nitrogen and oxygen atoms in total. The third-order valence-electron chi connectivity index (χ3n) is 3.97. The van der Waals surface area contributed by atoms with Crippen LogP contribution in [-0.2, 0) is 6.42 Å². The fourth-order valence-electron chi connectivity index (χ4n) is 2.87. The Morgan fingerprint density at radius 3 is 2.90 bits per heavy atom. The van der Waals surface area contributed by atoms with E-state index in [-0.39, 0.29) is 6.04 Å². The molecule has 0 saturated carbocycles. The van der Waals surface area contributed by atoms with E-state index in [0.29, 0.717) is 5.75 Å². The molecule has 3 rings (SSSR count). The minimum atomic E-state index is 0.239. The zero-order chi connectivity index (χ0) is 14.1. The average Bonchev–Trinajstić information content (AvgIpc) is 2.43. The van der Waals surface area contributed by atoms with E-state index in [0.717, 1.165) is 30.0 Å². The molecule has 0 spiro atoms. The molecule has 2 aromatic rings. The Kier molecular flexibility index (Phi) is 3.58. The highest BCUT2D eigenvalue weighted by atomic mass is 35.5. The molecule has 20 heavy (non-hydrogen) atoms. The van der Waals surface area contributed by atoms with Crippen LogP contribution in [0.5, 0.6) is 5.75 Å². The van der Waals surface area contributed by atoms with Crippen molar-refractivity contribution in [2.75, 3.05) is 5.32 Å². The van der Waals surface area contributed by atoms with Crippen LogP contribution in [0.15, 0.2) is 36.4 Å². The number of benzene rings is 2. The van der Waals surface area contributed by atoms with E-state index in [1.165, 1.54) is 16.7 Å². The van der Waals surface area contributed by atoms with Crippen LogP contribution in [0.4, 0.5) is 5.69 Å². The number of aromatic hydroxyl groups is 1. The summed E-state index contributed by atoms with van der Waals surface area (Å²) in [5.41, 5.74) is 4.78. The largest absolute Gasteiger partial charge is 0.508 e. The molecule has 2 N–H and O–H groups in total. The first-order chi connectivity index (χ1) is 9.63. The van der Waals surface area contributed by atoms with Crippen molar-refractivity contribution in [2.45, 2.75) is 32.2 Å². The summed E-state index contributed by atoms with van der Waals surface area (Å²) >= 11 is 6.08. The van der Waals surface area contributed by atoms with Crippen molar-refractivity contribution >= 4 is 17.3 Å². The molecule has 2 aromatic carbocycles. The van der Waals surface area contributed by atoms with E-state index in [4.69, 9.17) is 11.6 Å². The molecule has 0 fully saturated rings. The Labute approximate surface area is 124 Å². The van der Waals surface area contributed by atoms with Crippen LogP contribution < -0.4 is 5.32 Å². The van der Waals surface area contributed by atoms with Gasteiger partial charge in [0.15, 0.2) is 0 Å². The van der Waals surface area contributed by atoms with Crippen molar-refractivity contribution in [3.63, 3.8) is 0 Å². The molecule has 0 saturated heterocycles. The summed E-state index contributed by atoms with van der Waals surface area (Å²) in [4.78, 5) is 0. The van der Waals surface area contributed by atoms with Gasteiger partial charge in [0, 0.05) is 10.7 Å². The Morgan fingerprint density at radius 1 is 1.20 bits per heavy atom. The summed E-state index contributed by atoms with van der Waals surface area (Å²) in [5.74, 6) is 0.334. The predicted octanol–water partition coefficient (Wildman–Crippen LogP) is 4.84. The number of phenols is 1. The quantitative estimate of drug-likeness (QED) is 0.828. The van der Waals surface area contributed by atoms with Crippen molar-refractivity contribution in [2.24, 2.45) is 0 Å². The molecule has 0 aromatic heterocycles. The van der Waals surface area contributed by atoms with Crippen LogP contribution in [0.3, 0.4) is 0 Å². The van der Waals surface area contributed by atoms with Gasteiger partial charge in [-0.25, -0.2) is 0 Å². The SMILES string of the molecule is Cc1ccc(Cl)cc1NC1CCCc2ccc(O)cc21. The molecule has 1 aliphatic rings. The minimum absolute atomic E-state index is 0.239. The van der Waals surface area contributed by atoms with E-state index < -0.39 is 0 Å². The number of hydrogen-bond acceptors (Lipinski definition) is 2. The molecular weight excluding hydrogens is 270 g/mol. The number of rotatable bonds is 2. The van der Waals surface area contributed by atoms with Gasteiger partial charge in [0.2, 0.25) is 0 Å². The fraction of sp³-hybridized carbons (Fsp3) is 0.294. The summed E-state index contributed by atoms with van der Waals surface area (Å²) in [6.07, 6.45) is 3.32. The summed E-state index contributed by atoms with van der Waals surface area (Å²) in [6, 6.07) is 11.8. The van der Waals surface area contributed by atoms with Crippen LogP contribution in [0.2, 0.25) is 5.02 Å². The topological polar surface area (TPSA) is 32.3 Å². The monoisotopic (exact) mass is 287 g/mol. The van der Waals surface area contributed by atoms with Gasteiger partial charge in [0.1, 0.15) is 5.75 Å². The van der Waals surface area contributed by atoms with Gasteiger partial charge >= 0.3 is 0 Å². The molecule has 0 aliphatic heterocycles. The third-order valence-corrected chi connectivity index (χ3v) is 4.21. The maximum atomic E-state index is 9.72. The number of fused-ring (bicyclic) bond motifs is 1.